The predicted octanol–water partition coefficient (Wildman–Crippen LogP) is 5.88. The maximum absolute atomic E-state index is 5.02. The highest BCUT2D eigenvalue weighted by Gasteiger charge is 2.23. The van der Waals surface area contributed by atoms with Crippen LogP contribution in [-0.4, -0.2) is 9.97 Å². The lowest BCUT2D eigenvalue weighted by Crippen LogP contribution is -2.10. The number of rotatable bonds is 2. The second kappa shape index (κ2) is 6.48. The van der Waals surface area contributed by atoms with E-state index in [9.17, 15) is 0 Å². The number of hydrogen-bond donors (Lipinski definition) is 0. The maximum Gasteiger partial charge on any atom is 0.160 e. The summed E-state index contributed by atoms with van der Waals surface area (Å²) in [6.45, 7) is 2.12. The smallest absolute Gasteiger partial charge is 0.160 e. The molecule has 1 aliphatic rings. The lowest BCUT2D eigenvalue weighted by atomic mass is 9.86. The second-order valence-corrected chi connectivity index (χ2v) is 7.11. The third-order valence-electron chi connectivity index (χ3n) is 5.28. The number of aromatic nitrogens is 2. The molecule has 0 fully saturated rings. The van der Waals surface area contributed by atoms with Crippen molar-refractivity contribution < 1.29 is 0 Å². The fourth-order valence-electron chi connectivity index (χ4n) is 3.84. The van der Waals surface area contributed by atoms with Crippen LogP contribution in [0.2, 0.25) is 0 Å². The fourth-order valence-corrected chi connectivity index (χ4v) is 3.84. The molecular formula is C25H20N2. The third-order valence-corrected chi connectivity index (χ3v) is 5.28. The van der Waals surface area contributed by atoms with Gasteiger partial charge in [-0.05, 0) is 25.3 Å². The van der Waals surface area contributed by atoms with Crippen LogP contribution in [0.3, 0.4) is 0 Å². The highest BCUT2D eigenvalue weighted by atomic mass is 14.9. The van der Waals surface area contributed by atoms with Crippen molar-refractivity contribution in [1.29, 1.82) is 0 Å². The molecular weight excluding hydrogens is 328 g/mol. The molecule has 0 unspecified atom stereocenters. The summed E-state index contributed by atoms with van der Waals surface area (Å²) in [6.07, 6.45) is 2.01. The Kier molecular flexibility index (Phi) is 3.83. The molecule has 2 heteroatoms. The molecule has 3 aromatic carbocycles. The van der Waals surface area contributed by atoms with Crippen LogP contribution in [0.25, 0.3) is 33.9 Å². The third kappa shape index (κ3) is 2.83. The molecule has 0 saturated carbocycles. The van der Waals surface area contributed by atoms with Crippen molar-refractivity contribution in [3.63, 3.8) is 0 Å². The Morgan fingerprint density at radius 3 is 2.15 bits per heavy atom. The van der Waals surface area contributed by atoms with Crippen molar-refractivity contribution in [3.05, 3.63) is 95.6 Å². The van der Waals surface area contributed by atoms with Crippen LogP contribution in [0.1, 0.15) is 16.7 Å². The molecule has 0 bridgehead atoms. The normalized spacial score (nSPS) is 12.3. The van der Waals surface area contributed by atoms with Crippen molar-refractivity contribution in [2.45, 2.75) is 19.8 Å². The van der Waals surface area contributed by atoms with E-state index in [1.807, 2.05) is 18.2 Å². The zero-order valence-corrected chi connectivity index (χ0v) is 15.3. The number of aryl methyl sites for hydroxylation is 2. The van der Waals surface area contributed by atoms with Gasteiger partial charge in [-0.1, -0.05) is 84.4 Å². The molecule has 0 radical (unpaired) electrons. The standard InChI is InChI=1S/C25H20N2/c1-17-11-13-19(14-12-17)23-22-16-15-18-7-5-6-10-21(18)24(22)27-25(26-23)20-8-3-2-4-9-20/h2-14H,15-16H2,1H3. The summed E-state index contributed by atoms with van der Waals surface area (Å²) in [5, 5.41) is 0. The van der Waals surface area contributed by atoms with E-state index in [0.29, 0.717) is 0 Å². The molecule has 0 atom stereocenters. The zero-order chi connectivity index (χ0) is 18.2. The Morgan fingerprint density at radius 2 is 1.33 bits per heavy atom. The summed E-state index contributed by atoms with van der Waals surface area (Å²) >= 11 is 0. The van der Waals surface area contributed by atoms with E-state index in [1.54, 1.807) is 0 Å². The highest BCUT2D eigenvalue weighted by Crippen LogP contribution is 2.38. The number of benzene rings is 3. The van der Waals surface area contributed by atoms with Crippen molar-refractivity contribution in [2.75, 3.05) is 0 Å². The molecule has 1 aliphatic carbocycles. The van der Waals surface area contributed by atoms with E-state index in [-0.39, 0.29) is 0 Å². The summed E-state index contributed by atoms with van der Waals surface area (Å²) in [5.41, 5.74) is 9.50. The minimum Gasteiger partial charge on any atom is -0.228 e. The Labute approximate surface area is 159 Å². The fraction of sp³-hybridized carbons (Fsp3) is 0.120. The quantitative estimate of drug-likeness (QED) is 0.452. The van der Waals surface area contributed by atoms with Gasteiger partial charge in [0, 0.05) is 22.3 Å². The summed E-state index contributed by atoms with van der Waals surface area (Å²) in [6, 6.07) is 27.5. The number of nitrogens with zero attached hydrogens (tertiary/aromatic N) is 2. The molecule has 1 aromatic heterocycles. The van der Waals surface area contributed by atoms with Crippen molar-refractivity contribution >= 4 is 0 Å². The van der Waals surface area contributed by atoms with E-state index in [4.69, 9.17) is 9.97 Å². The average Bonchev–Trinajstić information content (AvgIpc) is 2.74. The molecule has 2 nitrogen and oxygen atoms in total. The molecule has 0 saturated heterocycles. The number of hydrogen-bond acceptors (Lipinski definition) is 2. The van der Waals surface area contributed by atoms with E-state index < -0.39 is 0 Å². The lowest BCUT2D eigenvalue weighted by Gasteiger charge is -2.22. The first-order valence-corrected chi connectivity index (χ1v) is 9.41. The van der Waals surface area contributed by atoms with Crippen LogP contribution >= 0.6 is 0 Å². The molecule has 27 heavy (non-hydrogen) atoms. The summed E-state index contributed by atoms with van der Waals surface area (Å²) in [4.78, 5) is 10.0. The first kappa shape index (κ1) is 16.0. The van der Waals surface area contributed by atoms with Crippen molar-refractivity contribution in [1.82, 2.24) is 9.97 Å². The summed E-state index contributed by atoms with van der Waals surface area (Å²) < 4.78 is 0. The molecule has 0 spiro atoms. The van der Waals surface area contributed by atoms with Gasteiger partial charge in [0.05, 0.1) is 11.4 Å². The minimum absolute atomic E-state index is 0.793. The Morgan fingerprint density at radius 1 is 0.630 bits per heavy atom. The van der Waals surface area contributed by atoms with Crippen LogP contribution in [0.15, 0.2) is 78.9 Å². The average molecular weight is 348 g/mol. The predicted molar refractivity (Wildman–Crippen MR) is 110 cm³/mol. The zero-order valence-electron chi connectivity index (χ0n) is 15.3. The second-order valence-electron chi connectivity index (χ2n) is 7.11. The van der Waals surface area contributed by atoms with Gasteiger partial charge in [0.2, 0.25) is 0 Å². The van der Waals surface area contributed by atoms with Crippen LogP contribution in [0.4, 0.5) is 0 Å². The Hall–Kier alpha value is -3.26. The monoisotopic (exact) mass is 348 g/mol. The highest BCUT2D eigenvalue weighted by molar-refractivity contribution is 5.79. The van der Waals surface area contributed by atoms with Gasteiger partial charge < -0.3 is 0 Å². The van der Waals surface area contributed by atoms with Gasteiger partial charge >= 0.3 is 0 Å². The van der Waals surface area contributed by atoms with Gasteiger partial charge in [-0.2, -0.15) is 0 Å². The summed E-state index contributed by atoms with van der Waals surface area (Å²) in [7, 11) is 0. The van der Waals surface area contributed by atoms with Crippen LogP contribution in [0.5, 0.6) is 0 Å². The topological polar surface area (TPSA) is 25.8 Å². The minimum atomic E-state index is 0.793. The molecule has 5 rings (SSSR count). The lowest BCUT2D eigenvalue weighted by molar-refractivity contribution is 0.916. The molecule has 0 N–H and O–H groups in total. The molecule has 4 aromatic rings. The van der Waals surface area contributed by atoms with Gasteiger partial charge in [-0.3, -0.25) is 0 Å². The Balaban J connectivity index is 1.79. The number of fused-ring (bicyclic) bond motifs is 3. The largest absolute Gasteiger partial charge is 0.228 e. The van der Waals surface area contributed by atoms with Crippen LogP contribution in [-0.2, 0) is 12.8 Å². The van der Waals surface area contributed by atoms with E-state index in [0.717, 1.165) is 41.2 Å². The van der Waals surface area contributed by atoms with Crippen molar-refractivity contribution in [2.24, 2.45) is 0 Å². The Bertz CT molecular complexity index is 1110. The molecule has 0 amide bonds. The van der Waals surface area contributed by atoms with Crippen LogP contribution in [0, 0.1) is 6.92 Å². The van der Waals surface area contributed by atoms with Crippen molar-refractivity contribution in [3.8, 4) is 33.9 Å². The molecule has 1 heterocycles. The van der Waals surface area contributed by atoms with Gasteiger partial charge in [-0.25, -0.2) is 9.97 Å². The molecule has 130 valence electrons. The molecule has 0 aliphatic heterocycles. The van der Waals surface area contributed by atoms with Gasteiger partial charge in [0.25, 0.3) is 0 Å². The summed E-state index contributed by atoms with van der Waals surface area (Å²) in [5.74, 6) is 0.793. The van der Waals surface area contributed by atoms with E-state index >= 15 is 0 Å². The van der Waals surface area contributed by atoms with E-state index in [1.165, 1.54) is 22.3 Å². The first-order valence-electron chi connectivity index (χ1n) is 9.41. The van der Waals surface area contributed by atoms with E-state index in [2.05, 4.69) is 67.6 Å². The first-order chi connectivity index (χ1) is 13.3. The van der Waals surface area contributed by atoms with Gasteiger partial charge in [0.1, 0.15) is 0 Å². The van der Waals surface area contributed by atoms with Gasteiger partial charge in [0.15, 0.2) is 5.82 Å². The maximum atomic E-state index is 5.02. The van der Waals surface area contributed by atoms with Gasteiger partial charge in [-0.15, -0.1) is 0 Å². The SMILES string of the molecule is Cc1ccc(-c2nc(-c3ccccc3)nc3c2CCc2ccccc2-3)cc1. The van der Waals surface area contributed by atoms with Crippen LogP contribution < -0.4 is 0 Å².